The molecule has 0 unspecified atom stereocenters. The lowest BCUT2D eigenvalue weighted by molar-refractivity contribution is 0.627. The molecule has 1 aromatic heterocycles. The Bertz CT molecular complexity index is 1040. The zero-order valence-electron chi connectivity index (χ0n) is 14.8. The van der Waals surface area contributed by atoms with Crippen molar-refractivity contribution < 1.29 is 4.39 Å². The van der Waals surface area contributed by atoms with E-state index in [0.717, 1.165) is 28.0 Å². The Hall–Kier alpha value is -2.92. The third kappa shape index (κ3) is 3.93. The van der Waals surface area contributed by atoms with Crippen molar-refractivity contribution in [2.75, 3.05) is 0 Å². The first-order chi connectivity index (χ1) is 13.2. The Morgan fingerprint density at radius 2 is 1.67 bits per heavy atom. The number of rotatable bonds is 5. The average Bonchev–Trinajstić information content (AvgIpc) is 3.12. The molecule has 0 amide bonds. The van der Waals surface area contributed by atoms with Crippen molar-refractivity contribution in [2.24, 2.45) is 0 Å². The highest BCUT2D eigenvalue weighted by molar-refractivity contribution is 7.98. The fraction of sp³-hybridized carbons (Fsp3) is 0.0909. The fourth-order valence-electron chi connectivity index (χ4n) is 2.91. The van der Waals surface area contributed by atoms with Crippen LogP contribution < -0.4 is 0 Å². The van der Waals surface area contributed by atoms with Crippen LogP contribution in [0, 0.1) is 12.7 Å². The second kappa shape index (κ2) is 7.76. The molecule has 0 spiro atoms. The maximum atomic E-state index is 13.4. The lowest BCUT2D eigenvalue weighted by Crippen LogP contribution is -2.00. The van der Waals surface area contributed by atoms with E-state index < -0.39 is 0 Å². The highest BCUT2D eigenvalue weighted by atomic mass is 32.2. The predicted molar refractivity (Wildman–Crippen MR) is 107 cm³/mol. The fourth-order valence-corrected chi connectivity index (χ4v) is 3.81. The first-order valence-corrected chi connectivity index (χ1v) is 9.64. The van der Waals surface area contributed by atoms with Crippen molar-refractivity contribution in [3.63, 3.8) is 0 Å². The molecule has 0 aliphatic carbocycles. The van der Waals surface area contributed by atoms with Gasteiger partial charge < -0.3 is 0 Å². The molecule has 0 aliphatic heterocycles. The third-order valence-electron chi connectivity index (χ3n) is 4.20. The Labute approximate surface area is 161 Å². The van der Waals surface area contributed by atoms with Gasteiger partial charge in [0.05, 0.1) is 0 Å². The van der Waals surface area contributed by atoms with E-state index in [1.54, 1.807) is 23.9 Å². The molecule has 4 aromatic rings. The summed E-state index contributed by atoms with van der Waals surface area (Å²) in [6.07, 6.45) is 0. The lowest BCUT2D eigenvalue weighted by Gasteiger charge is -2.10. The number of aromatic nitrogens is 3. The molecule has 3 aromatic carbocycles. The number of thioether (sulfide) groups is 1. The normalized spacial score (nSPS) is 10.9. The van der Waals surface area contributed by atoms with Crippen molar-refractivity contribution in [1.82, 2.24) is 14.8 Å². The molecule has 0 atom stereocenters. The van der Waals surface area contributed by atoms with E-state index in [4.69, 9.17) is 0 Å². The van der Waals surface area contributed by atoms with Crippen LogP contribution in [0.25, 0.3) is 17.1 Å². The van der Waals surface area contributed by atoms with Crippen LogP contribution in [0.1, 0.15) is 11.1 Å². The number of halogens is 1. The van der Waals surface area contributed by atoms with E-state index in [1.807, 2.05) is 34.9 Å². The van der Waals surface area contributed by atoms with Gasteiger partial charge in [-0.25, -0.2) is 4.39 Å². The molecule has 3 nitrogen and oxygen atoms in total. The van der Waals surface area contributed by atoms with Crippen LogP contribution in [0.3, 0.4) is 0 Å². The van der Waals surface area contributed by atoms with Crippen LogP contribution in [-0.2, 0) is 5.75 Å². The van der Waals surface area contributed by atoms with Gasteiger partial charge in [-0.2, -0.15) is 0 Å². The first kappa shape index (κ1) is 17.5. The van der Waals surface area contributed by atoms with E-state index in [0.29, 0.717) is 0 Å². The summed E-state index contributed by atoms with van der Waals surface area (Å²) in [4.78, 5) is 0. The van der Waals surface area contributed by atoms with Crippen LogP contribution in [0.2, 0.25) is 0 Å². The van der Waals surface area contributed by atoms with Gasteiger partial charge in [-0.3, -0.25) is 4.57 Å². The molecule has 0 saturated carbocycles. The average molecular weight is 375 g/mol. The van der Waals surface area contributed by atoms with Gasteiger partial charge in [0.1, 0.15) is 5.82 Å². The zero-order valence-corrected chi connectivity index (χ0v) is 15.7. The zero-order chi connectivity index (χ0) is 18.6. The van der Waals surface area contributed by atoms with Gasteiger partial charge in [0, 0.05) is 17.0 Å². The molecule has 1 heterocycles. The van der Waals surface area contributed by atoms with Gasteiger partial charge in [0.15, 0.2) is 11.0 Å². The Morgan fingerprint density at radius 3 is 2.41 bits per heavy atom. The van der Waals surface area contributed by atoms with E-state index in [9.17, 15) is 4.39 Å². The number of hydrogen-bond acceptors (Lipinski definition) is 3. The summed E-state index contributed by atoms with van der Waals surface area (Å²) in [5.41, 5.74) is 4.27. The molecule has 0 radical (unpaired) electrons. The third-order valence-corrected chi connectivity index (χ3v) is 5.20. The second-order valence-electron chi connectivity index (χ2n) is 6.26. The minimum absolute atomic E-state index is 0.262. The van der Waals surface area contributed by atoms with E-state index in [-0.39, 0.29) is 5.82 Å². The molecular weight excluding hydrogens is 357 g/mol. The standard InChI is InChI=1S/C22H18FN3S/c1-16-6-5-7-17(14-16)15-27-22-25-24-21(18-8-3-2-4-9-18)26(22)20-12-10-19(23)11-13-20/h2-14H,15H2,1H3. The molecule has 0 fully saturated rings. The van der Waals surface area contributed by atoms with Crippen molar-refractivity contribution in [3.8, 4) is 17.1 Å². The number of benzene rings is 3. The van der Waals surface area contributed by atoms with Crippen molar-refractivity contribution in [3.05, 3.63) is 95.8 Å². The highest BCUT2D eigenvalue weighted by Gasteiger charge is 2.16. The molecular formula is C22H18FN3S. The minimum Gasteiger partial charge on any atom is -0.270 e. The van der Waals surface area contributed by atoms with Crippen molar-refractivity contribution in [2.45, 2.75) is 17.8 Å². The van der Waals surface area contributed by atoms with Gasteiger partial charge >= 0.3 is 0 Å². The molecule has 0 aliphatic rings. The topological polar surface area (TPSA) is 30.7 Å². The minimum atomic E-state index is -0.262. The molecule has 134 valence electrons. The Balaban J connectivity index is 1.73. The summed E-state index contributed by atoms with van der Waals surface area (Å²) in [6.45, 7) is 2.09. The van der Waals surface area contributed by atoms with Gasteiger partial charge in [-0.05, 0) is 36.8 Å². The predicted octanol–water partition coefficient (Wildman–Crippen LogP) is 5.67. The Kier molecular flexibility index (Phi) is 5.03. The highest BCUT2D eigenvalue weighted by Crippen LogP contribution is 2.29. The lowest BCUT2D eigenvalue weighted by atomic mass is 10.2. The van der Waals surface area contributed by atoms with Crippen LogP contribution >= 0.6 is 11.8 Å². The van der Waals surface area contributed by atoms with Crippen molar-refractivity contribution >= 4 is 11.8 Å². The summed E-state index contributed by atoms with van der Waals surface area (Å²) < 4.78 is 15.4. The summed E-state index contributed by atoms with van der Waals surface area (Å²) >= 11 is 1.62. The van der Waals surface area contributed by atoms with E-state index in [1.165, 1.54) is 23.3 Å². The van der Waals surface area contributed by atoms with E-state index in [2.05, 4.69) is 41.4 Å². The number of nitrogens with zero attached hydrogens (tertiary/aromatic N) is 3. The maximum Gasteiger partial charge on any atom is 0.196 e. The molecule has 5 heteroatoms. The molecule has 27 heavy (non-hydrogen) atoms. The summed E-state index contributed by atoms with van der Waals surface area (Å²) in [5, 5.41) is 9.60. The monoisotopic (exact) mass is 375 g/mol. The van der Waals surface area contributed by atoms with Crippen LogP contribution in [0.15, 0.2) is 84.0 Å². The van der Waals surface area contributed by atoms with Crippen LogP contribution in [0.5, 0.6) is 0 Å². The quantitative estimate of drug-likeness (QED) is 0.421. The summed E-state index contributed by atoms with van der Waals surface area (Å²) in [6, 6.07) is 24.8. The SMILES string of the molecule is Cc1cccc(CSc2nnc(-c3ccccc3)n2-c2ccc(F)cc2)c1. The molecule has 0 N–H and O–H groups in total. The van der Waals surface area contributed by atoms with Gasteiger partial charge in [-0.1, -0.05) is 71.9 Å². The maximum absolute atomic E-state index is 13.4. The number of aryl methyl sites for hydroxylation is 1. The van der Waals surface area contributed by atoms with E-state index >= 15 is 0 Å². The number of hydrogen-bond donors (Lipinski definition) is 0. The molecule has 0 saturated heterocycles. The van der Waals surface area contributed by atoms with Crippen LogP contribution in [-0.4, -0.2) is 14.8 Å². The molecule has 0 bridgehead atoms. The smallest absolute Gasteiger partial charge is 0.196 e. The van der Waals surface area contributed by atoms with Gasteiger partial charge in [0.2, 0.25) is 0 Å². The molecule has 4 rings (SSSR count). The second-order valence-corrected chi connectivity index (χ2v) is 7.20. The summed E-state index contributed by atoms with van der Waals surface area (Å²) in [5.74, 6) is 1.27. The van der Waals surface area contributed by atoms with Gasteiger partial charge in [-0.15, -0.1) is 10.2 Å². The first-order valence-electron chi connectivity index (χ1n) is 8.66. The largest absolute Gasteiger partial charge is 0.270 e. The van der Waals surface area contributed by atoms with Crippen LogP contribution in [0.4, 0.5) is 4.39 Å². The van der Waals surface area contributed by atoms with Crippen molar-refractivity contribution in [1.29, 1.82) is 0 Å². The Morgan fingerprint density at radius 1 is 0.889 bits per heavy atom. The summed E-state index contributed by atoms with van der Waals surface area (Å²) in [7, 11) is 0. The van der Waals surface area contributed by atoms with Gasteiger partial charge in [0.25, 0.3) is 0 Å².